The molecule has 0 radical (unpaired) electrons. The molecule has 0 saturated carbocycles. The fourth-order valence-corrected chi connectivity index (χ4v) is 2.99. The zero-order valence-electron chi connectivity index (χ0n) is 10.8. The number of hydrogen-bond acceptors (Lipinski definition) is 4. The van der Waals surface area contributed by atoms with Gasteiger partial charge in [0.25, 0.3) is 0 Å². The molecular formula is C12H20N2O2S. The average molecular weight is 256 g/mol. The average Bonchev–Trinajstić information content (AvgIpc) is 2.28. The summed E-state index contributed by atoms with van der Waals surface area (Å²) in [6, 6.07) is 0. The maximum Gasteiger partial charge on any atom is 0.158 e. The molecule has 1 rings (SSSR count). The Bertz CT molecular complexity index is 509. The molecular weight excluding hydrogens is 236 g/mol. The summed E-state index contributed by atoms with van der Waals surface area (Å²) in [5, 5.41) is -0.341. The van der Waals surface area contributed by atoms with Gasteiger partial charge in [0.1, 0.15) is 0 Å². The fraction of sp³-hybridized carbons (Fsp3) is 0.583. The van der Waals surface area contributed by atoms with E-state index in [0.29, 0.717) is 17.8 Å². The Labute approximate surface area is 103 Å². The number of nitrogens with zero attached hydrogens (tertiary/aromatic N) is 1. The summed E-state index contributed by atoms with van der Waals surface area (Å²) < 4.78 is 24.0. The Morgan fingerprint density at radius 3 is 2.53 bits per heavy atom. The normalized spacial score (nSPS) is 13.6. The summed E-state index contributed by atoms with van der Waals surface area (Å²) in [5.41, 5.74) is 8.73. The Kier molecular flexibility index (Phi) is 4.14. The number of aromatic nitrogens is 1. The lowest BCUT2D eigenvalue weighted by molar-refractivity contribution is 0.579. The van der Waals surface area contributed by atoms with E-state index in [1.807, 2.05) is 20.8 Å². The molecule has 0 aliphatic carbocycles. The lowest BCUT2D eigenvalue weighted by atomic mass is 10.1. The molecule has 1 aromatic heterocycles. The van der Waals surface area contributed by atoms with E-state index in [1.165, 1.54) is 0 Å². The van der Waals surface area contributed by atoms with Crippen molar-refractivity contribution in [2.24, 2.45) is 0 Å². The number of aryl methyl sites for hydroxylation is 1. The van der Waals surface area contributed by atoms with Crippen LogP contribution in [-0.4, -0.2) is 18.7 Å². The van der Waals surface area contributed by atoms with Crippen LogP contribution in [-0.2, 0) is 15.6 Å². The van der Waals surface area contributed by atoms with Crippen molar-refractivity contribution in [1.29, 1.82) is 0 Å². The van der Waals surface area contributed by atoms with E-state index in [2.05, 4.69) is 4.98 Å². The van der Waals surface area contributed by atoms with Crippen molar-refractivity contribution in [3.05, 3.63) is 23.0 Å². The van der Waals surface area contributed by atoms with Gasteiger partial charge in [0.2, 0.25) is 0 Å². The first-order chi connectivity index (χ1) is 7.79. The summed E-state index contributed by atoms with van der Waals surface area (Å²) in [4.78, 5) is 4.18. The van der Waals surface area contributed by atoms with Gasteiger partial charge in [0.05, 0.1) is 16.7 Å². The van der Waals surface area contributed by atoms with E-state index in [9.17, 15) is 8.42 Å². The monoisotopic (exact) mass is 256 g/mol. The maximum atomic E-state index is 12.0. The SMILES string of the molecule is CCC(C)S(=O)(=O)Cc1ncc(C)c(N)c1C. The Morgan fingerprint density at radius 1 is 1.41 bits per heavy atom. The van der Waals surface area contributed by atoms with Gasteiger partial charge < -0.3 is 5.73 Å². The first-order valence-electron chi connectivity index (χ1n) is 5.71. The van der Waals surface area contributed by atoms with Crippen LogP contribution < -0.4 is 5.73 Å². The van der Waals surface area contributed by atoms with Gasteiger partial charge in [-0.1, -0.05) is 6.92 Å². The van der Waals surface area contributed by atoms with Crippen molar-refractivity contribution in [3.8, 4) is 0 Å². The van der Waals surface area contributed by atoms with Gasteiger partial charge in [0, 0.05) is 11.9 Å². The van der Waals surface area contributed by atoms with E-state index in [-0.39, 0.29) is 11.0 Å². The van der Waals surface area contributed by atoms with E-state index in [0.717, 1.165) is 11.1 Å². The molecule has 0 aliphatic heterocycles. The number of anilines is 1. The Balaban J connectivity index is 3.09. The van der Waals surface area contributed by atoms with E-state index >= 15 is 0 Å². The van der Waals surface area contributed by atoms with Crippen LogP contribution in [0.1, 0.15) is 37.1 Å². The third-order valence-electron chi connectivity index (χ3n) is 3.20. The molecule has 0 fully saturated rings. The molecule has 0 aliphatic rings. The molecule has 1 atom stereocenters. The van der Waals surface area contributed by atoms with Crippen molar-refractivity contribution in [2.75, 3.05) is 5.73 Å². The number of sulfone groups is 1. The van der Waals surface area contributed by atoms with Crippen molar-refractivity contribution >= 4 is 15.5 Å². The van der Waals surface area contributed by atoms with Crippen LogP contribution in [0.3, 0.4) is 0 Å². The Hall–Kier alpha value is -1.10. The highest BCUT2D eigenvalue weighted by Gasteiger charge is 2.21. The molecule has 96 valence electrons. The second-order valence-corrected chi connectivity index (χ2v) is 6.87. The highest BCUT2D eigenvalue weighted by molar-refractivity contribution is 7.91. The molecule has 1 heterocycles. The van der Waals surface area contributed by atoms with Crippen LogP contribution in [0.4, 0.5) is 5.69 Å². The van der Waals surface area contributed by atoms with E-state index in [1.54, 1.807) is 13.1 Å². The minimum Gasteiger partial charge on any atom is -0.398 e. The number of hydrogen-bond donors (Lipinski definition) is 1. The van der Waals surface area contributed by atoms with Gasteiger partial charge in [-0.25, -0.2) is 8.42 Å². The minimum atomic E-state index is -3.13. The molecule has 2 N–H and O–H groups in total. The zero-order valence-corrected chi connectivity index (χ0v) is 11.6. The van der Waals surface area contributed by atoms with Crippen LogP contribution in [0.5, 0.6) is 0 Å². The van der Waals surface area contributed by atoms with Gasteiger partial charge in [-0.2, -0.15) is 0 Å². The predicted octanol–water partition coefficient (Wildman–Crippen LogP) is 1.99. The molecule has 0 bridgehead atoms. The minimum absolute atomic E-state index is 0.0294. The van der Waals surface area contributed by atoms with Gasteiger partial charge in [-0.3, -0.25) is 4.98 Å². The standard InChI is InChI=1S/C12H20N2O2S/c1-5-9(3)17(15,16)7-11-10(4)12(13)8(2)6-14-11/h6,9H,5,7H2,1-4H3,(H2,13,14). The van der Waals surface area contributed by atoms with Gasteiger partial charge in [-0.05, 0) is 38.3 Å². The van der Waals surface area contributed by atoms with E-state index in [4.69, 9.17) is 5.73 Å². The molecule has 17 heavy (non-hydrogen) atoms. The zero-order chi connectivity index (χ0) is 13.2. The maximum absolute atomic E-state index is 12.0. The largest absolute Gasteiger partial charge is 0.398 e. The summed E-state index contributed by atoms with van der Waals surface area (Å²) in [6.45, 7) is 7.27. The van der Waals surface area contributed by atoms with Gasteiger partial charge in [0.15, 0.2) is 9.84 Å². The number of rotatable bonds is 4. The van der Waals surface area contributed by atoms with Crippen LogP contribution in [0.2, 0.25) is 0 Å². The van der Waals surface area contributed by atoms with Crippen LogP contribution in [0.25, 0.3) is 0 Å². The second kappa shape index (κ2) is 5.04. The molecule has 1 aromatic rings. The quantitative estimate of drug-likeness (QED) is 0.894. The van der Waals surface area contributed by atoms with Crippen LogP contribution >= 0.6 is 0 Å². The first-order valence-corrected chi connectivity index (χ1v) is 7.43. The number of nitrogen functional groups attached to an aromatic ring is 1. The number of pyridine rings is 1. The van der Waals surface area contributed by atoms with Crippen LogP contribution in [0.15, 0.2) is 6.20 Å². The molecule has 0 saturated heterocycles. The first kappa shape index (κ1) is 14.0. The lowest BCUT2D eigenvalue weighted by Crippen LogP contribution is -2.20. The second-order valence-electron chi connectivity index (χ2n) is 4.45. The topological polar surface area (TPSA) is 73.0 Å². The molecule has 0 spiro atoms. The highest BCUT2D eigenvalue weighted by atomic mass is 32.2. The van der Waals surface area contributed by atoms with E-state index < -0.39 is 9.84 Å². The summed E-state index contributed by atoms with van der Waals surface area (Å²) >= 11 is 0. The Morgan fingerprint density at radius 2 is 2.00 bits per heavy atom. The van der Waals surface area contributed by atoms with Gasteiger partial charge >= 0.3 is 0 Å². The molecule has 0 amide bonds. The highest BCUT2D eigenvalue weighted by Crippen LogP contribution is 2.21. The predicted molar refractivity (Wildman–Crippen MR) is 70.5 cm³/mol. The number of nitrogens with two attached hydrogens (primary N) is 1. The fourth-order valence-electron chi connectivity index (χ4n) is 1.52. The third-order valence-corrected chi connectivity index (χ3v) is 5.44. The molecule has 4 nitrogen and oxygen atoms in total. The smallest absolute Gasteiger partial charge is 0.158 e. The third kappa shape index (κ3) is 2.97. The van der Waals surface area contributed by atoms with Crippen LogP contribution in [0, 0.1) is 13.8 Å². The van der Waals surface area contributed by atoms with Crippen molar-refractivity contribution in [2.45, 2.75) is 45.1 Å². The molecule has 0 aromatic carbocycles. The van der Waals surface area contributed by atoms with Crippen molar-refractivity contribution in [3.63, 3.8) is 0 Å². The lowest BCUT2D eigenvalue weighted by Gasteiger charge is -2.13. The van der Waals surface area contributed by atoms with Gasteiger partial charge in [-0.15, -0.1) is 0 Å². The van der Waals surface area contributed by atoms with Crippen molar-refractivity contribution in [1.82, 2.24) is 4.98 Å². The summed E-state index contributed by atoms with van der Waals surface area (Å²) in [5.74, 6) is -0.0294. The molecule has 5 heteroatoms. The summed E-state index contributed by atoms with van der Waals surface area (Å²) in [6.07, 6.45) is 2.24. The summed E-state index contributed by atoms with van der Waals surface area (Å²) in [7, 11) is -3.13. The van der Waals surface area contributed by atoms with Crippen molar-refractivity contribution < 1.29 is 8.42 Å². The molecule has 1 unspecified atom stereocenters.